The normalized spacial score (nSPS) is 33.2. The van der Waals surface area contributed by atoms with E-state index in [-0.39, 0.29) is 35.6 Å². The first-order chi connectivity index (χ1) is 11.4. The van der Waals surface area contributed by atoms with Crippen LogP contribution in [0.5, 0.6) is 0 Å². The van der Waals surface area contributed by atoms with Gasteiger partial charge in [0.2, 0.25) is 11.8 Å². The standard InChI is InChI=1S/C16H22N2O5S/c1-4-23-16(22)13-14(24-9-5-10(20)17-6-9)7(2)12-11(8(3)19)15(21)18(12)13/h7-9,11-12,19H,4-6H2,1-3H3,(H,17,20)/t7-,8-,9?,11?,12?/m1/s1. The molecule has 0 aromatic carbocycles. The minimum Gasteiger partial charge on any atom is -0.461 e. The maximum absolute atomic E-state index is 12.4. The molecule has 0 bridgehead atoms. The van der Waals surface area contributed by atoms with E-state index in [0.29, 0.717) is 18.7 Å². The van der Waals surface area contributed by atoms with Crippen molar-refractivity contribution in [1.82, 2.24) is 10.2 Å². The molecular formula is C16H22N2O5S. The van der Waals surface area contributed by atoms with Crippen LogP contribution < -0.4 is 5.32 Å². The van der Waals surface area contributed by atoms with Crippen LogP contribution in [0.3, 0.4) is 0 Å². The van der Waals surface area contributed by atoms with E-state index in [0.717, 1.165) is 4.91 Å². The van der Waals surface area contributed by atoms with Gasteiger partial charge in [-0.25, -0.2) is 4.79 Å². The predicted molar refractivity (Wildman–Crippen MR) is 87.6 cm³/mol. The number of rotatable bonds is 5. The quantitative estimate of drug-likeness (QED) is 0.542. The number of hydrogen-bond donors (Lipinski definition) is 2. The molecular weight excluding hydrogens is 332 g/mol. The van der Waals surface area contributed by atoms with Gasteiger partial charge in [0.25, 0.3) is 0 Å². The third-order valence-electron chi connectivity index (χ3n) is 4.81. The van der Waals surface area contributed by atoms with E-state index < -0.39 is 18.0 Å². The summed E-state index contributed by atoms with van der Waals surface area (Å²) in [4.78, 5) is 38.5. The van der Waals surface area contributed by atoms with Gasteiger partial charge in [-0.2, -0.15) is 0 Å². The highest BCUT2D eigenvalue weighted by Gasteiger charge is 2.60. The second kappa shape index (κ2) is 6.40. The van der Waals surface area contributed by atoms with Gasteiger partial charge < -0.3 is 20.1 Å². The Balaban J connectivity index is 1.90. The Morgan fingerprint density at radius 1 is 1.50 bits per heavy atom. The summed E-state index contributed by atoms with van der Waals surface area (Å²) in [5.41, 5.74) is 0.292. The number of aliphatic hydroxyl groups is 1. The number of ether oxygens (including phenoxy) is 1. The molecule has 3 aliphatic rings. The average molecular weight is 354 g/mol. The molecule has 0 saturated carbocycles. The lowest BCUT2D eigenvalue weighted by Crippen LogP contribution is -2.63. The van der Waals surface area contributed by atoms with Crippen LogP contribution in [0.25, 0.3) is 0 Å². The van der Waals surface area contributed by atoms with Crippen LogP contribution in [0.15, 0.2) is 10.6 Å². The van der Waals surface area contributed by atoms with Gasteiger partial charge in [-0.05, 0) is 13.8 Å². The first-order valence-electron chi connectivity index (χ1n) is 8.22. The first-order valence-corrected chi connectivity index (χ1v) is 9.10. The number of carbonyl (C=O) groups is 3. The van der Waals surface area contributed by atoms with Crippen molar-refractivity contribution in [2.45, 2.75) is 44.6 Å². The molecule has 0 spiro atoms. The van der Waals surface area contributed by atoms with Gasteiger partial charge in [-0.15, -0.1) is 11.8 Å². The molecule has 3 rings (SSSR count). The molecule has 7 nitrogen and oxygen atoms in total. The van der Waals surface area contributed by atoms with Crippen LogP contribution in [0.1, 0.15) is 27.2 Å². The van der Waals surface area contributed by atoms with Gasteiger partial charge in [-0.3, -0.25) is 9.59 Å². The molecule has 3 aliphatic heterocycles. The lowest BCUT2D eigenvalue weighted by atomic mass is 9.79. The summed E-state index contributed by atoms with van der Waals surface area (Å²) in [6.07, 6.45) is -0.362. The number of hydrogen-bond acceptors (Lipinski definition) is 6. The summed E-state index contributed by atoms with van der Waals surface area (Å²) in [5, 5.41) is 12.7. The van der Waals surface area contributed by atoms with Crippen molar-refractivity contribution >= 4 is 29.5 Å². The van der Waals surface area contributed by atoms with Crippen molar-refractivity contribution in [2.75, 3.05) is 13.2 Å². The predicted octanol–water partition coefficient (Wildman–Crippen LogP) is 0.240. The zero-order valence-corrected chi connectivity index (χ0v) is 14.8. The molecule has 3 unspecified atom stereocenters. The first kappa shape index (κ1) is 17.3. The summed E-state index contributed by atoms with van der Waals surface area (Å²) in [6.45, 7) is 6.05. The lowest BCUT2D eigenvalue weighted by molar-refractivity contribution is -0.164. The van der Waals surface area contributed by atoms with E-state index in [4.69, 9.17) is 4.74 Å². The summed E-state index contributed by atoms with van der Waals surface area (Å²) >= 11 is 1.47. The van der Waals surface area contributed by atoms with Crippen LogP contribution in [0.2, 0.25) is 0 Å². The largest absolute Gasteiger partial charge is 0.461 e. The van der Waals surface area contributed by atoms with Crippen molar-refractivity contribution in [2.24, 2.45) is 11.8 Å². The molecule has 2 saturated heterocycles. The van der Waals surface area contributed by atoms with Crippen LogP contribution in [0.4, 0.5) is 0 Å². The topological polar surface area (TPSA) is 95.9 Å². The number of aliphatic hydroxyl groups excluding tert-OH is 1. The van der Waals surface area contributed by atoms with Gasteiger partial charge in [-0.1, -0.05) is 6.92 Å². The molecule has 0 radical (unpaired) electrons. The highest BCUT2D eigenvalue weighted by atomic mass is 32.2. The Morgan fingerprint density at radius 2 is 2.21 bits per heavy atom. The summed E-state index contributed by atoms with van der Waals surface area (Å²) in [6, 6.07) is -0.218. The number of fused-ring (bicyclic) bond motifs is 1. The van der Waals surface area contributed by atoms with Crippen molar-refractivity contribution in [3.63, 3.8) is 0 Å². The SMILES string of the molecule is CCOC(=O)C1=C(SC2CNC(=O)C2)[C@H](C)C2C([C@@H](C)O)C(=O)N12. The number of nitrogens with zero attached hydrogens (tertiary/aromatic N) is 1. The van der Waals surface area contributed by atoms with E-state index >= 15 is 0 Å². The van der Waals surface area contributed by atoms with Gasteiger partial charge in [0.15, 0.2) is 0 Å². The van der Waals surface area contributed by atoms with Crippen molar-refractivity contribution in [3.05, 3.63) is 10.6 Å². The van der Waals surface area contributed by atoms with Crippen molar-refractivity contribution in [3.8, 4) is 0 Å². The molecule has 24 heavy (non-hydrogen) atoms. The highest BCUT2D eigenvalue weighted by molar-refractivity contribution is 8.03. The van der Waals surface area contributed by atoms with E-state index in [1.807, 2.05) is 6.92 Å². The number of β-lactam (4-membered cyclic amide) rings is 1. The highest BCUT2D eigenvalue weighted by Crippen LogP contribution is 2.51. The third kappa shape index (κ3) is 2.61. The molecule has 0 aliphatic carbocycles. The minimum atomic E-state index is -0.760. The summed E-state index contributed by atoms with van der Waals surface area (Å²) in [5.74, 6) is -1.31. The summed E-state index contributed by atoms with van der Waals surface area (Å²) in [7, 11) is 0. The van der Waals surface area contributed by atoms with E-state index in [2.05, 4.69) is 5.32 Å². The second-order valence-corrected chi connectivity index (χ2v) is 7.78. The number of amides is 2. The Hall–Kier alpha value is -1.54. The van der Waals surface area contributed by atoms with Gasteiger partial charge in [0.05, 0.1) is 24.7 Å². The number of carbonyl (C=O) groups excluding carboxylic acids is 3. The molecule has 0 aromatic rings. The molecule has 0 aromatic heterocycles. The smallest absolute Gasteiger partial charge is 0.355 e. The van der Waals surface area contributed by atoms with Crippen LogP contribution in [-0.4, -0.2) is 58.3 Å². The molecule has 3 heterocycles. The maximum atomic E-state index is 12.4. The van der Waals surface area contributed by atoms with Gasteiger partial charge in [0.1, 0.15) is 5.70 Å². The molecule has 8 heteroatoms. The van der Waals surface area contributed by atoms with Crippen LogP contribution in [0, 0.1) is 11.8 Å². The Labute approximate surface area is 144 Å². The van der Waals surface area contributed by atoms with Gasteiger partial charge >= 0.3 is 5.97 Å². The van der Waals surface area contributed by atoms with E-state index in [9.17, 15) is 19.5 Å². The number of esters is 1. The average Bonchev–Trinajstić information content (AvgIpc) is 3.01. The Kier molecular flexibility index (Phi) is 4.61. The fourth-order valence-electron chi connectivity index (χ4n) is 3.71. The minimum absolute atomic E-state index is 0.00218. The van der Waals surface area contributed by atoms with E-state index in [1.54, 1.807) is 13.8 Å². The zero-order valence-electron chi connectivity index (χ0n) is 13.9. The second-order valence-electron chi connectivity index (χ2n) is 6.44. The third-order valence-corrected chi connectivity index (χ3v) is 6.30. The molecule has 2 amide bonds. The fourth-order valence-corrected chi connectivity index (χ4v) is 5.12. The molecule has 5 atom stereocenters. The van der Waals surface area contributed by atoms with Crippen LogP contribution in [-0.2, 0) is 19.1 Å². The Bertz CT molecular complexity index is 618. The number of nitrogens with one attached hydrogen (secondary N) is 1. The Morgan fingerprint density at radius 3 is 2.75 bits per heavy atom. The maximum Gasteiger partial charge on any atom is 0.355 e. The monoisotopic (exact) mass is 354 g/mol. The molecule has 132 valence electrons. The van der Waals surface area contributed by atoms with Gasteiger partial charge in [0, 0.05) is 29.0 Å². The molecule has 2 N–H and O–H groups in total. The van der Waals surface area contributed by atoms with Crippen molar-refractivity contribution in [1.29, 1.82) is 0 Å². The van der Waals surface area contributed by atoms with Crippen molar-refractivity contribution < 1.29 is 24.2 Å². The lowest BCUT2D eigenvalue weighted by Gasteiger charge is -2.46. The number of thioether (sulfide) groups is 1. The fraction of sp³-hybridized carbons (Fsp3) is 0.688. The summed E-state index contributed by atoms with van der Waals surface area (Å²) < 4.78 is 5.14. The zero-order chi connectivity index (χ0) is 17.6. The van der Waals surface area contributed by atoms with E-state index in [1.165, 1.54) is 16.7 Å². The molecule has 2 fully saturated rings. The van der Waals surface area contributed by atoms with Crippen LogP contribution >= 0.6 is 11.8 Å².